The van der Waals surface area contributed by atoms with Crippen LogP contribution in [0.4, 0.5) is 0 Å². The third-order valence-corrected chi connectivity index (χ3v) is 3.74. The molecule has 1 aromatic heterocycles. The Morgan fingerprint density at radius 3 is 2.87 bits per heavy atom. The number of nitrogens with zero attached hydrogens (tertiary/aromatic N) is 1. The Morgan fingerprint density at radius 1 is 1.53 bits per heavy atom. The lowest BCUT2D eigenvalue weighted by atomic mass is 10.1. The van der Waals surface area contributed by atoms with E-state index in [0.717, 1.165) is 43.6 Å². The van der Waals surface area contributed by atoms with Crippen LogP contribution < -0.4 is 5.73 Å². The molecule has 0 amide bonds. The van der Waals surface area contributed by atoms with Gasteiger partial charge in [-0.05, 0) is 42.9 Å². The first-order chi connectivity index (χ1) is 7.28. The molecule has 4 heteroatoms. The fourth-order valence-electron chi connectivity index (χ4n) is 1.91. The van der Waals surface area contributed by atoms with Crippen molar-refractivity contribution in [3.8, 4) is 0 Å². The first kappa shape index (κ1) is 10.8. The van der Waals surface area contributed by atoms with Gasteiger partial charge in [-0.15, -0.1) is 11.3 Å². The molecule has 2 N–H and O–H groups in total. The summed E-state index contributed by atoms with van der Waals surface area (Å²) >= 11 is 1.52. The van der Waals surface area contributed by atoms with Gasteiger partial charge in [0.1, 0.15) is 0 Å². The van der Waals surface area contributed by atoms with Crippen LogP contribution in [0.5, 0.6) is 0 Å². The van der Waals surface area contributed by atoms with Crippen molar-refractivity contribution in [2.45, 2.75) is 25.4 Å². The van der Waals surface area contributed by atoms with Crippen molar-refractivity contribution >= 4 is 17.6 Å². The lowest BCUT2D eigenvalue weighted by Gasteiger charge is -2.29. The normalized spacial score (nSPS) is 19.3. The fraction of sp³-hybridized carbons (Fsp3) is 0.545. The van der Waals surface area contributed by atoms with Gasteiger partial charge in [0.2, 0.25) is 0 Å². The molecule has 0 aromatic carbocycles. The predicted octanol–water partition coefficient (Wildman–Crippen LogP) is 1.48. The minimum atomic E-state index is 0.384. The monoisotopic (exact) mass is 224 g/mol. The third-order valence-electron chi connectivity index (χ3n) is 2.83. The number of rotatable bonds is 3. The molecular formula is C11H16N2OS. The molecule has 0 unspecified atom stereocenters. The van der Waals surface area contributed by atoms with E-state index in [0.29, 0.717) is 6.04 Å². The number of piperidine rings is 1. The highest BCUT2D eigenvalue weighted by Gasteiger charge is 2.16. The Kier molecular flexibility index (Phi) is 3.51. The third kappa shape index (κ3) is 2.87. The number of aldehydes is 1. The number of thiophene rings is 1. The quantitative estimate of drug-likeness (QED) is 0.791. The van der Waals surface area contributed by atoms with Crippen LogP contribution in [-0.4, -0.2) is 30.3 Å². The van der Waals surface area contributed by atoms with Crippen LogP contribution in [0.1, 0.15) is 28.1 Å². The Morgan fingerprint density at radius 2 is 2.27 bits per heavy atom. The van der Waals surface area contributed by atoms with Gasteiger partial charge in [-0.2, -0.15) is 0 Å². The number of nitrogens with two attached hydrogens (primary N) is 1. The van der Waals surface area contributed by atoms with E-state index in [1.54, 1.807) is 0 Å². The van der Waals surface area contributed by atoms with Crippen LogP contribution in [0, 0.1) is 0 Å². The Hall–Kier alpha value is -0.710. The highest BCUT2D eigenvalue weighted by Crippen LogP contribution is 2.17. The van der Waals surface area contributed by atoms with Crippen molar-refractivity contribution in [1.82, 2.24) is 4.90 Å². The van der Waals surface area contributed by atoms with Gasteiger partial charge in [0.25, 0.3) is 0 Å². The minimum Gasteiger partial charge on any atom is -0.328 e. The summed E-state index contributed by atoms with van der Waals surface area (Å²) in [5.74, 6) is 0. The molecule has 0 radical (unpaired) electrons. The minimum absolute atomic E-state index is 0.384. The second kappa shape index (κ2) is 4.88. The summed E-state index contributed by atoms with van der Waals surface area (Å²) in [6.45, 7) is 3.11. The van der Waals surface area contributed by atoms with E-state index in [2.05, 4.69) is 10.3 Å². The zero-order chi connectivity index (χ0) is 10.7. The highest BCUT2D eigenvalue weighted by molar-refractivity contribution is 7.11. The van der Waals surface area contributed by atoms with Gasteiger partial charge >= 0.3 is 0 Å². The van der Waals surface area contributed by atoms with Gasteiger partial charge in [0.05, 0.1) is 4.88 Å². The first-order valence-corrected chi connectivity index (χ1v) is 6.16. The maximum Gasteiger partial charge on any atom is 0.160 e. The summed E-state index contributed by atoms with van der Waals surface area (Å²) in [6, 6.07) is 2.36. The van der Waals surface area contributed by atoms with Crippen molar-refractivity contribution < 1.29 is 4.79 Å². The zero-order valence-electron chi connectivity index (χ0n) is 8.69. The number of hydrogen-bond acceptors (Lipinski definition) is 4. The van der Waals surface area contributed by atoms with Crippen LogP contribution in [-0.2, 0) is 6.54 Å². The molecule has 1 aliphatic rings. The largest absolute Gasteiger partial charge is 0.328 e. The molecule has 1 aromatic rings. The number of hydrogen-bond donors (Lipinski definition) is 1. The SMILES string of the molecule is NC1CCN(Cc2csc(C=O)c2)CC1. The van der Waals surface area contributed by atoms with Gasteiger partial charge in [-0.3, -0.25) is 9.69 Å². The standard InChI is InChI=1S/C11H16N2OS/c12-10-1-3-13(4-2-10)6-9-5-11(7-14)15-8-9/h5,7-8,10H,1-4,6,12H2. The van der Waals surface area contributed by atoms with Crippen molar-refractivity contribution in [2.24, 2.45) is 5.73 Å². The Labute approximate surface area is 93.9 Å². The van der Waals surface area contributed by atoms with Crippen LogP contribution in [0.25, 0.3) is 0 Å². The summed E-state index contributed by atoms with van der Waals surface area (Å²) in [5.41, 5.74) is 7.09. The second-order valence-corrected chi connectivity index (χ2v) is 5.03. The highest BCUT2D eigenvalue weighted by atomic mass is 32.1. The number of carbonyl (C=O) groups is 1. The van der Waals surface area contributed by atoms with E-state index >= 15 is 0 Å². The Balaban J connectivity index is 1.88. The molecule has 82 valence electrons. The topological polar surface area (TPSA) is 46.3 Å². The number of likely N-dealkylation sites (tertiary alicyclic amines) is 1. The smallest absolute Gasteiger partial charge is 0.160 e. The second-order valence-electron chi connectivity index (χ2n) is 4.09. The van der Waals surface area contributed by atoms with Crippen molar-refractivity contribution in [2.75, 3.05) is 13.1 Å². The van der Waals surface area contributed by atoms with E-state index < -0.39 is 0 Å². The molecule has 3 nitrogen and oxygen atoms in total. The average Bonchev–Trinajstić information content (AvgIpc) is 2.69. The molecule has 1 saturated heterocycles. The fourth-order valence-corrected chi connectivity index (χ4v) is 2.61. The van der Waals surface area contributed by atoms with Crippen molar-refractivity contribution in [3.05, 3.63) is 21.9 Å². The average molecular weight is 224 g/mol. The van der Waals surface area contributed by atoms with Crippen LogP contribution >= 0.6 is 11.3 Å². The maximum atomic E-state index is 10.5. The molecule has 1 aliphatic heterocycles. The predicted molar refractivity (Wildman–Crippen MR) is 62.2 cm³/mol. The van der Waals surface area contributed by atoms with Gasteiger partial charge in [0, 0.05) is 12.6 Å². The lowest BCUT2D eigenvalue weighted by Crippen LogP contribution is -2.39. The van der Waals surface area contributed by atoms with E-state index in [4.69, 9.17) is 5.73 Å². The van der Waals surface area contributed by atoms with Gasteiger partial charge in [0.15, 0.2) is 6.29 Å². The molecule has 2 heterocycles. The van der Waals surface area contributed by atoms with Gasteiger partial charge in [-0.25, -0.2) is 0 Å². The van der Waals surface area contributed by atoms with Gasteiger partial charge in [-0.1, -0.05) is 0 Å². The van der Waals surface area contributed by atoms with Crippen molar-refractivity contribution in [1.29, 1.82) is 0 Å². The summed E-state index contributed by atoms with van der Waals surface area (Å²) < 4.78 is 0. The van der Waals surface area contributed by atoms with Gasteiger partial charge < -0.3 is 5.73 Å². The Bertz CT molecular complexity index is 329. The van der Waals surface area contributed by atoms with Crippen molar-refractivity contribution in [3.63, 3.8) is 0 Å². The molecule has 2 rings (SSSR count). The molecule has 0 bridgehead atoms. The van der Waals surface area contributed by atoms with Crippen LogP contribution in [0.2, 0.25) is 0 Å². The summed E-state index contributed by atoms with van der Waals surface area (Å²) in [6.07, 6.45) is 3.09. The number of carbonyl (C=O) groups excluding carboxylic acids is 1. The molecule has 0 saturated carbocycles. The zero-order valence-corrected chi connectivity index (χ0v) is 9.50. The summed E-state index contributed by atoms with van der Waals surface area (Å²) in [5, 5.41) is 2.07. The first-order valence-electron chi connectivity index (χ1n) is 5.28. The summed E-state index contributed by atoms with van der Waals surface area (Å²) in [4.78, 5) is 13.8. The molecule has 0 aliphatic carbocycles. The van der Waals surface area contributed by atoms with Crippen LogP contribution in [0.3, 0.4) is 0 Å². The van der Waals surface area contributed by atoms with E-state index in [-0.39, 0.29) is 0 Å². The molecule has 15 heavy (non-hydrogen) atoms. The van der Waals surface area contributed by atoms with E-state index in [9.17, 15) is 4.79 Å². The van der Waals surface area contributed by atoms with Crippen LogP contribution in [0.15, 0.2) is 11.4 Å². The molecule has 0 atom stereocenters. The maximum absolute atomic E-state index is 10.5. The lowest BCUT2D eigenvalue weighted by molar-refractivity contribution is 0.112. The van der Waals surface area contributed by atoms with E-state index in [1.807, 2.05) is 6.07 Å². The summed E-state index contributed by atoms with van der Waals surface area (Å²) in [7, 11) is 0. The molecule has 1 fully saturated rings. The molecule has 0 spiro atoms. The van der Waals surface area contributed by atoms with E-state index in [1.165, 1.54) is 16.9 Å². The molecular weight excluding hydrogens is 208 g/mol.